The highest BCUT2D eigenvalue weighted by molar-refractivity contribution is 5.68. The minimum Gasteiger partial charge on any atom is -0.406 e. The lowest BCUT2D eigenvalue weighted by molar-refractivity contribution is -0.274. The van der Waals surface area contributed by atoms with E-state index in [0.717, 1.165) is 0 Å². The Kier molecular flexibility index (Phi) is 3.89. The quantitative estimate of drug-likeness (QED) is 0.845. The van der Waals surface area contributed by atoms with E-state index in [-0.39, 0.29) is 11.4 Å². The number of nitrogens with two attached hydrogens (primary N) is 1. The molecule has 21 heavy (non-hydrogen) atoms. The average molecular weight is 293 g/mol. The number of nitrogens with one attached hydrogen (secondary N) is 1. The predicted octanol–water partition coefficient (Wildman–Crippen LogP) is 3.78. The average Bonchev–Trinajstić information content (AvgIpc) is 2.37. The summed E-state index contributed by atoms with van der Waals surface area (Å²) in [5, 5.41) is 11.7. The molecule has 2 aromatic rings. The molecular weight excluding hydrogens is 283 g/mol. The molecule has 0 aromatic heterocycles. The first-order valence-electron chi connectivity index (χ1n) is 5.80. The van der Waals surface area contributed by atoms with Gasteiger partial charge in [0.15, 0.2) is 0 Å². The Balaban J connectivity index is 2.18. The maximum atomic E-state index is 12.1. The molecule has 0 aliphatic heterocycles. The minimum absolute atomic E-state index is 0.283. The smallest absolute Gasteiger partial charge is 0.406 e. The Bertz CT molecular complexity index is 693. The largest absolute Gasteiger partial charge is 0.573 e. The number of anilines is 3. The topological polar surface area (TPSA) is 71.1 Å². The van der Waals surface area contributed by atoms with E-state index >= 15 is 0 Å². The van der Waals surface area contributed by atoms with Gasteiger partial charge in [0.25, 0.3) is 0 Å². The van der Waals surface area contributed by atoms with Crippen LogP contribution < -0.4 is 15.8 Å². The molecule has 4 nitrogen and oxygen atoms in total. The molecule has 0 saturated carbocycles. The number of nitrogens with zero attached hydrogens (tertiary/aromatic N) is 1. The van der Waals surface area contributed by atoms with Crippen LogP contribution in [0.1, 0.15) is 5.56 Å². The lowest BCUT2D eigenvalue weighted by atomic mass is 10.1. The first-order valence-corrected chi connectivity index (χ1v) is 5.80. The van der Waals surface area contributed by atoms with E-state index in [1.165, 1.54) is 30.3 Å². The lowest BCUT2D eigenvalue weighted by Crippen LogP contribution is -2.17. The predicted molar refractivity (Wildman–Crippen MR) is 72.0 cm³/mol. The first-order chi connectivity index (χ1) is 9.87. The zero-order chi connectivity index (χ0) is 15.5. The molecule has 0 atom stereocenters. The Morgan fingerprint density at radius 2 is 1.81 bits per heavy atom. The summed E-state index contributed by atoms with van der Waals surface area (Å²) in [7, 11) is 0. The number of hydrogen-bond acceptors (Lipinski definition) is 4. The van der Waals surface area contributed by atoms with Crippen LogP contribution in [0.2, 0.25) is 0 Å². The van der Waals surface area contributed by atoms with Crippen LogP contribution in [0.5, 0.6) is 5.75 Å². The van der Waals surface area contributed by atoms with E-state index in [4.69, 9.17) is 11.0 Å². The summed E-state index contributed by atoms with van der Waals surface area (Å²) in [5.74, 6) is -0.325. The summed E-state index contributed by atoms with van der Waals surface area (Å²) >= 11 is 0. The molecule has 0 radical (unpaired) electrons. The molecule has 0 amide bonds. The third-order valence-electron chi connectivity index (χ3n) is 2.53. The highest BCUT2D eigenvalue weighted by atomic mass is 19.4. The molecule has 0 unspecified atom stereocenters. The fourth-order valence-corrected chi connectivity index (χ4v) is 1.68. The number of rotatable bonds is 3. The van der Waals surface area contributed by atoms with Gasteiger partial charge in [-0.2, -0.15) is 5.26 Å². The van der Waals surface area contributed by atoms with Gasteiger partial charge in [-0.05, 0) is 30.3 Å². The van der Waals surface area contributed by atoms with Gasteiger partial charge in [-0.15, -0.1) is 13.2 Å². The maximum absolute atomic E-state index is 12.1. The van der Waals surface area contributed by atoms with E-state index in [2.05, 4.69) is 10.1 Å². The van der Waals surface area contributed by atoms with Gasteiger partial charge in [0.2, 0.25) is 0 Å². The third-order valence-corrected chi connectivity index (χ3v) is 2.53. The Hall–Kier alpha value is -2.88. The molecule has 0 spiro atoms. The number of nitriles is 1. The Labute approximate surface area is 118 Å². The van der Waals surface area contributed by atoms with Crippen molar-refractivity contribution in [1.29, 1.82) is 5.26 Å². The standard InChI is InChI=1S/C14H10F3N3O/c15-14(16,17)21-12-3-1-2-10(6-12)20-11-5-4-9(8-18)13(19)7-11/h1-7,20H,19H2. The highest BCUT2D eigenvalue weighted by Gasteiger charge is 2.31. The number of hydrogen-bond donors (Lipinski definition) is 2. The van der Waals surface area contributed by atoms with Crippen LogP contribution in [0.4, 0.5) is 30.2 Å². The van der Waals surface area contributed by atoms with Gasteiger partial charge in [0.05, 0.1) is 11.3 Å². The zero-order valence-electron chi connectivity index (χ0n) is 10.6. The second-order valence-corrected chi connectivity index (χ2v) is 4.11. The van der Waals surface area contributed by atoms with Gasteiger partial charge in [-0.25, -0.2) is 0 Å². The van der Waals surface area contributed by atoms with Gasteiger partial charge in [0.1, 0.15) is 11.8 Å². The SMILES string of the molecule is N#Cc1ccc(Nc2cccc(OC(F)(F)F)c2)cc1N. The van der Waals surface area contributed by atoms with Crippen LogP contribution in [0, 0.1) is 11.3 Å². The maximum Gasteiger partial charge on any atom is 0.573 e. The molecule has 108 valence electrons. The first kappa shape index (κ1) is 14.5. The van der Waals surface area contributed by atoms with Crippen molar-refractivity contribution in [2.75, 3.05) is 11.1 Å². The van der Waals surface area contributed by atoms with Crippen molar-refractivity contribution in [2.24, 2.45) is 0 Å². The van der Waals surface area contributed by atoms with Crippen LogP contribution in [-0.2, 0) is 0 Å². The van der Waals surface area contributed by atoms with Crippen molar-refractivity contribution >= 4 is 17.1 Å². The van der Waals surface area contributed by atoms with Crippen molar-refractivity contribution in [3.05, 3.63) is 48.0 Å². The summed E-state index contributed by atoms with van der Waals surface area (Å²) in [6.07, 6.45) is -4.74. The summed E-state index contributed by atoms with van der Waals surface area (Å²) in [6, 6.07) is 12.0. The molecule has 0 aliphatic carbocycles. The molecule has 7 heteroatoms. The zero-order valence-corrected chi connectivity index (χ0v) is 10.6. The van der Waals surface area contributed by atoms with Crippen LogP contribution in [0.15, 0.2) is 42.5 Å². The highest BCUT2D eigenvalue weighted by Crippen LogP contribution is 2.27. The number of nitrogen functional groups attached to an aromatic ring is 1. The normalized spacial score (nSPS) is 10.8. The summed E-state index contributed by atoms with van der Waals surface area (Å²) < 4.78 is 40.3. The van der Waals surface area contributed by atoms with Gasteiger partial charge in [-0.1, -0.05) is 6.07 Å². The molecule has 3 N–H and O–H groups in total. The fraction of sp³-hybridized carbons (Fsp3) is 0.0714. The molecule has 2 aromatic carbocycles. The molecule has 0 fully saturated rings. The second kappa shape index (κ2) is 5.63. The third kappa shape index (κ3) is 4.04. The van der Waals surface area contributed by atoms with Crippen LogP contribution in [0.25, 0.3) is 0 Å². The van der Waals surface area contributed by atoms with Crippen molar-refractivity contribution in [3.8, 4) is 11.8 Å². The van der Waals surface area contributed by atoms with Gasteiger partial charge >= 0.3 is 6.36 Å². The van der Waals surface area contributed by atoms with Crippen molar-refractivity contribution < 1.29 is 17.9 Å². The molecular formula is C14H10F3N3O. The van der Waals surface area contributed by atoms with E-state index in [9.17, 15) is 13.2 Å². The van der Waals surface area contributed by atoms with Crippen molar-refractivity contribution in [1.82, 2.24) is 0 Å². The summed E-state index contributed by atoms with van der Waals surface area (Å²) in [4.78, 5) is 0. The van der Waals surface area contributed by atoms with Gasteiger partial charge < -0.3 is 15.8 Å². The van der Waals surface area contributed by atoms with Crippen molar-refractivity contribution in [2.45, 2.75) is 6.36 Å². The van der Waals surface area contributed by atoms with E-state index in [1.807, 2.05) is 6.07 Å². The van der Waals surface area contributed by atoms with Gasteiger partial charge in [0, 0.05) is 17.4 Å². The minimum atomic E-state index is -4.74. The summed E-state index contributed by atoms with van der Waals surface area (Å²) in [6.45, 7) is 0. The Morgan fingerprint density at radius 3 is 2.43 bits per heavy atom. The second-order valence-electron chi connectivity index (χ2n) is 4.11. The van der Waals surface area contributed by atoms with E-state index < -0.39 is 6.36 Å². The van der Waals surface area contributed by atoms with Crippen LogP contribution in [0.3, 0.4) is 0 Å². The molecule has 0 heterocycles. The van der Waals surface area contributed by atoms with E-state index in [1.54, 1.807) is 12.1 Å². The number of halogens is 3. The van der Waals surface area contributed by atoms with Crippen molar-refractivity contribution in [3.63, 3.8) is 0 Å². The van der Waals surface area contributed by atoms with Gasteiger partial charge in [-0.3, -0.25) is 0 Å². The summed E-state index contributed by atoms with van der Waals surface area (Å²) in [5.41, 5.74) is 7.23. The molecule has 2 rings (SSSR count). The van der Waals surface area contributed by atoms with Crippen LogP contribution in [-0.4, -0.2) is 6.36 Å². The molecule has 0 bridgehead atoms. The Morgan fingerprint density at radius 1 is 1.10 bits per heavy atom. The number of benzene rings is 2. The van der Waals surface area contributed by atoms with E-state index in [0.29, 0.717) is 16.9 Å². The fourth-order valence-electron chi connectivity index (χ4n) is 1.68. The number of ether oxygens (including phenoxy) is 1. The van der Waals surface area contributed by atoms with Crippen LogP contribution >= 0.6 is 0 Å². The monoisotopic (exact) mass is 293 g/mol. The lowest BCUT2D eigenvalue weighted by Gasteiger charge is -2.11. The molecule has 0 saturated heterocycles. The number of alkyl halides is 3. The molecule has 0 aliphatic rings.